The van der Waals surface area contributed by atoms with Gasteiger partial charge in [0.25, 0.3) is 0 Å². The smallest absolute Gasteiger partial charge is 0.123 e. The van der Waals surface area contributed by atoms with Crippen molar-refractivity contribution in [3.05, 3.63) is 29.8 Å². The molecule has 3 nitrogen and oxygen atoms in total. The molecule has 96 valence electrons. The van der Waals surface area contributed by atoms with Crippen molar-refractivity contribution >= 4 is 0 Å². The molecule has 0 heterocycles. The fraction of sp³-hybridized carbons (Fsp3) is 0.571. The molecule has 1 unspecified atom stereocenters. The van der Waals surface area contributed by atoms with Crippen molar-refractivity contribution in [2.24, 2.45) is 0 Å². The Kier molecular flexibility index (Phi) is 6.01. The van der Waals surface area contributed by atoms with Gasteiger partial charge in [-0.3, -0.25) is 0 Å². The molecule has 17 heavy (non-hydrogen) atoms. The summed E-state index contributed by atoms with van der Waals surface area (Å²) in [5.74, 6) is 0.937. The van der Waals surface area contributed by atoms with E-state index in [0.717, 1.165) is 18.8 Å². The number of rotatable bonds is 7. The number of ether oxygens (including phenoxy) is 2. The van der Waals surface area contributed by atoms with E-state index in [9.17, 15) is 0 Å². The van der Waals surface area contributed by atoms with Gasteiger partial charge in [0.15, 0.2) is 0 Å². The lowest BCUT2D eigenvalue weighted by molar-refractivity contribution is 0.183. The molecule has 1 aromatic carbocycles. The van der Waals surface area contributed by atoms with Gasteiger partial charge in [-0.25, -0.2) is 0 Å². The SMILES string of the molecule is COCCC(C)N[C@H](C)c1ccccc1OC. The highest BCUT2D eigenvalue weighted by Gasteiger charge is 2.12. The van der Waals surface area contributed by atoms with E-state index in [1.54, 1.807) is 14.2 Å². The Balaban J connectivity index is 2.59. The van der Waals surface area contributed by atoms with Gasteiger partial charge >= 0.3 is 0 Å². The summed E-state index contributed by atoms with van der Waals surface area (Å²) in [7, 11) is 3.44. The van der Waals surface area contributed by atoms with E-state index in [0.29, 0.717) is 6.04 Å². The number of para-hydroxylation sites is 1. The van der Waals surface area contributed by atoms with E-state index >= 15 is 0 Å². The molecule has 0 aliphatic heterocycles. The van der Waals surface area contributed by atoms with Crippen LogP contribution in [-0.4, -0.2) is 26.9 Å². The quantitative estimate of drug-likeness (QED) is 0.791. The average Bonchev–Trinajstić information content (AvgIpc) is 2.36. The van der Waals surface area contributed by atoms with Crippen LogP contribution in [0.5, 0.6) is 5.75 Å². The van der Waals surface area contributed by atoms with E-state index in [-0.39, 0.29) is 6.04 Å². The predicted molar refractivity (Wildman–Crippen MR) is 70.5 cm³/mol. The molecular weight excluding hydrogens is 214 g/mol. The number of benzene rings is 1. The molecule has 0 aliphatic carbocycles. The third-order valence-corrected chi connectivity index (χ3v) is 2.89. The van der Waals surface area contributed by atoms with Crippen molar-refractivity contribution < 1.29 is 9.47 Å². The van der Waals surface area contributed by atoms with Crippen LogP contribution in [0.4, 0.5) is 0 Å². The average molecular weight is 237 g/mol. The van der Waals surface area contributed by atoms with E-state index in [4.69, 9.17) is 9.47 Å². The molecule has 1 aromatic rings. The first-order chi connectivity index (χ1) is 8.19. The lowest BCUT2D eigenvalue weighted by atomic mass is 10.1. The predicted octanol–water partition coefficient (Wildman–Crippen LogP) is 2.77. The van der Waals surface area contributed by atoms with Crippen LogP contribution in [0, 0.1) is 0 Å². The Hall–Kier alpha value is -1.06. The maximum absolute atomic E-state index is 5.36. The first kappa shape index (κ1) is 14.0. The second-order valence-corrected chi connectivity index (χ2v) is 4.31. The van der Waals surface area contributed by atoms with E-state index in [1.807, 2.05) is 18.2 Å². The van der Waals surface area contributed by atoms with Crippen molar-refractivity contribution in [3.8, 4) is 5.75 Å². The van der Waals surface area contributed by atoms with Gasteiger partial charge in [0.2, 0.25) is 0 Å². The summed E-state index contributed by atoms with van der Waals surface area (Å²) in [6.07, 6.45) is 1.01. The Morgan fingerprint density at radius 3 is 2.53 bits per heavy atom. The highest BCUT2D eigenvalue weighted by Crippen LogP contribution is 2.24. The van der Waals surface area contributed by atoms with Gasteiger partial charge in [0.1, 0.15) is 5.75 Å². The van der Waals surface area contributed by atoms with Gasteiger partial charge in [0, 0.05) is 31.4 Å². The molecule has 2 atom stereocenters. The molecule has 0 aliphatic rings. The lowest BCUT2D eigenvalue weighted by Crippen LogP contribution is -2.30. The summed E-state index contributed by atoms with van der Waals surface area (Å²) in [6.45, 7) is 5.11. The highest BCUT2D eigenvalue weighted by atomic mass is 16.5. The van der Waals surface area contributed by atoms with E-state index < -0.39 is 0 Å². The monoisotopic (exact) mass is 237 g/mol. The summed E-state index contributed by atoms with van der Waals surface area (Å²) in [4.78, 5) is 0. The maximum atomic E-state index is 5.36. The van der Waals surface area contributed by atoms with Gasteiger partial charge in [-0.15, -0.1) is 0 Å². The van der Waals surface area contributed by atoms with Gasteiger partial charge in [-0.1, -0.05) is 18.2 Å². The minimum Gasteiger partial charge on any atom is -0.496 e. The van der Waals surface area contributed by atoms with Crippen LogP contribution in [0.3, 0.4) is 0 Å². The van der Waals surface area contributed by atoms with Crippen molar-refractivity contribution in [1.29, 1.82) is 0 Å². The molecule has 3 heteroatoms. The normalized spacial score (nSPS) is 14.4. The van der Waals surface area contributed by atoms with Crippen molar-refractivity contribution in [1.82, 2.24) is 5.32 Å². The number of nitrogens with one attached hydrogen (secondary N) is 1. The molecular formula is C14H23NO2. The summed E-state index contributed by atoms with van der Waals surface area (Å²) in [5.41, 5.74) is 1.19. The molecule has 0 amide bonds. The van der Waals surface area contributed by atoms with E-state index in [2.05, 4.69) is 25.2 Å². The molecule has 0 bridgehead atoms. The van der Waals surface area contributed by atoms with Crippen LogP contribution >= 0.6 is 0 Å². The second kappa shape index (κ2) is 7.30. The topological polar surface area (TPSA) is 30.5 Å². The number of hydrogen-bond donors (Lipinski definition) is 1. The van der Waals surface area contributed by atoms with Crippen LogP contribution in [0.15, 0.2) is 24.3 Å². The van der Waals surface area contributed by atoms with E-state index in [1.165, 1.54) is 5.56 Å². The van der Waals surface area contributed by atoms with Crippen LogP contribution in [0.25, 0.3) is 0 Å². The van der Waals surface area contributed by atoms with Gasteiger partial charge in [-0.05, 0) is 26.3 Å². The largest absolute Gasteiger partial charge is 0.496 e. The Labute approximate surface area is 104 Å². The van der Waals surface area contributed by atoms with Gasteiger partial charge < -0.3 is 14.8 Å². The first-order valence-corrected chi connectivity index (χ1v) is 6.07. The van der Waals surface area contributed by atoms with Crippen LogP contribution in [0.1, 0.15) is 31.9 Å². The number of hydrogen-bond acceptors (Lipinski definition) is 3. The fourth-order valence-corrected chi connectivity index (χ4v) is 1.92. The molecule has 0 saturated carbocycles. The van der Waals surface area contributed by atoms with Crippen LogP contribution in [-0.2, 0) is 4.74 Å². The molecule has 0 saturated heterocycles. The lowest BCUT2D eigenvalue weighted by Gasteiger charge is -2.21. The zero-order valence-corrected chi connectivity index (χ0v) is 11.2. The highest BCUT2D eigenvalue weighted by molar-refractivity contribution is 5.35. The standard InChI is InChI=1S/C14H23NO2/c1-11(9-10-16-3)15-12(2)13-7-5-6-8-14(13)17-4/h5-8,11-12,15H,9-10H2,1-4H3/t11?,12-/m1/s1. The summed E-state index contributed by atoms with van der Waals surface area (Å²) < 4.78 is 10.4. The van der Waals surface area contributed by atoms with Gasteiger partial charge in [0.05, 0.1) is 7.11 Å². The molecule has 0 radical (unpaired) electrons. The molecule has 0 aromatic heterocycles. The third kappa shape index (κ3) is 4.36. The van der Waals surface area contributed by atoms with Crippen molar-refractivity contribution in [2.75, 3.05) is 20.8 Å². The molecule has 0 fully saturated rings. The van der Waals surface area contributed by atoms with Gasteiger partial charge in [-0.2, -0.15) is 0 Å². The molecule has 0 spiro atoms. The van der Waals surface area contributed by atoms with Crippen LogP contribution in [0.2, 0.25) is 0 Å². The summed E-state index contributed by atoms with van der Waals surface area (Å²) in [5, 5.41) is 3.55. The van der Waals surface area contributed by atoms with Crippen molar-refractivity contribution in [3.63, 3.8) is 0 Å². The minimum atomic E-state index is 0.276. The molecule has 1 rings (SSSR count). The Morgan fingerprint density at radius 1 is 1.18 bits per heavy atom. The van der Waals surface area contributed by atoms with Crippen molar-refractivity contribution in [2.45, 2.75) is 32.4 Å². The summed E-state index contributed by atoms with van der Waals surface area (Å²) >= 11 is 0. The first-order valence-electron chi connectivity index (χ1n) is 6.07. The Morgan fingerprint density at radius 2 is 1.88 bits per heavy atom. The van der Waals surface area contributed by atoms with Crippen LogP contribution < -0.4 is 10.1 Å². The minimum absolute atomic E-state index is 0.276. The fourth-order valence-electron chi connectivity index (χ4n) is 1.92. The Bertz CT molecular complexity index is 328. The third-order valence-electron chi connectivity index (χ3n) is 2.89. The maximum Gasteiger partial charge on any atom is 0.123 e. The number of methoxy groups -OCH3 is 2. The summed E-state index contributed by atoms with van der Waals surface area (Å²) in [6, 6.07) is 8.82. The molecule has 1 N–H and O–H groups in total. The zero-order chi connectivity index (χ0) is 12.7. The zero-order valence-electron chi connectivity index (χ0n) is 11.2. The second-order valence-electron chi connectivity index (χ2n) is 4.31.